The maximum absolute atomic E-state index is 6.44. The van der Waals surface area contributed by atoms with Crippen molar-refractivity contribution >= 4 is 22.4 Å². The number of benzene rings is 2. The quantitative estimate of drug-likeness (QED) is 0.849. The van der Waals surface area contributed by atoms with Crippen molar-refractivity contribution in [3.8, 4) is 5.75 Å². The third kappa shape index (κ3) is 3.33. The number of ether oxygens (including phenoxy) is 1. The van der Waals surface area contributed by atoms with Crippen LogP contribution in [0.4, 0.5) is 0 Å². The minimum absolute atomic E-state index is 0.144. The van der Waals surface area contributed by atoms with E-state index in [1.807, 2.05) is 24.3 Å². The van der Waals surface area contributed by atoms with Crippen LogP contribution < -0.4 is 10.5 Å². The molecule has 0 aromatic heterocycles. The summed E-state index contributed by atoms with van der Waals surface area (Å²) >= 11 is 6.44. The van der Waals surface area contributed by atoms with Crippen LogP contribution in [0.25, 0.3) is 10.8 Å². The molecule has 0 aliphatic heterocycles. The van der Waals surface area contributed by atoms with Crippen molar-refractivity contribution in [3.63, 3.8) is 0 Å². The van der Waals surface area contributed by atoms with Gasteiger partial charge in [0.1, 0.15) is 5.75 Å². The zero-order valence-corrected chi connectivity index (χ0v) is 13.2. The van der Waals surface area contributed by atoms with Gasteiger partial charge in [0.05, 0.1) is 6.61 Å². The van der Waals surface area contributed by atoms with E-state index in [0.717, 1.165) is 52.5 Å². The van der Waals surface area contributed by atoms with Crippen molar-refractivity contribution in [1.29, 1.82) is 0 Å². The SMILES string of the molecule is CCC(N)Cc1cc(Cl)c2ccccc2c1OCC1CC1. The second kappa shape index (κ2) is 6.25. The Morgan fingerprint density at radius 3 is 2.67 bits per heavy atom. The van der Waals surface area contributed by atoms with Crippen LogP contribution in [0.2, 0.25) is 5.02 Å². The van der Waals surface area contributed by atoms with E-state index in [4.69, 9.17) is 22.1 Å². The third-order valence-corrected chi connectivity index (χ3v) is 4.50. The van der Waals surface area contributed by atoms with Gasteiger partial charge in [-0.2, -0.15) is 0 Å². The lowest BCUT2D eigenvalue weighted by Gasteiger charge is -2.17. The highest BCUT2D eigenvalue weighted by Gasteiger charge is 2.23. The molecule has 0 saturated heterocycles. The van der Waals surface area contributed by atoms with E-state index < -0.39 is 0 Å². The Hall–Kier alpha value is -1.25. The molecular weight excluding hydrogens is 282 g/mol. The predicted molar refractivity (Wildman–Crippen MR) is 89.1 cm³/mol. The Bertz CT molecular complexity index is 636. The molecule has 2 aromatic rings. The maximum Gasteiger partial charge on any atom is 0.130 e. The van der Waals surface area contributed by atoms with Crippen molar-refractivity contribution in [2.45, 2.75) is 38.6 Å². The lowest BCUT2D eigenvalue weighted by molar-refractivity contribution is 0.299. The Morgan fingerprint density at radius 2 is 2.00 bits per heavy atom. The van der Waals surface area contributed by atoms with E-state index >= 15 is 0 Å². The van der Waals surface area contributed by atoms with Crippen LogP contribution in [0.1, 0.15) is 31.7 Å². The number of nitrogens with two attached hydrogens (primary N) is 1. The topological polar surface area (TPSA) is 35.2 Å². The van der Waals surface area contributed by atoms with Gasteiger partial charge in [0.15, 0.2) is 0 Å². The van der Waals surface area contributed by atoms with Crippen molar-refractivity contribution in [1.82, 2.24) is 0 Å². The number of halogens is 1. The van der Waals surface area contributed by atoms with E-state index in [2.05, 4.69) is 13.0 Å². The number of rotatable bonds is 6. The standard InChI is InChI=1S/C18H22ClNO/c1-2-14(20)9-13-10-17(19)15-5-3-4-6-16(15)18(13)21-11-12-7-8-12/h3-6,10,12,14H,2,7-9,11,20H2,1H3. The molecule has 21 heavy (non-hydrogen) atoms. The largest absolute Gasteiger partial charge is 0.492 e. The summed E-state index contributed by atoms with van der Waals surface area (Å²) < 4.78 is 6.16. The molecule has 0 spiro atoms. The van der Waals surface area contributed by atoms with Crippen molar-refractivity contribution in [2.24, 2.45) is 11.7 Å². The van der Waals surface area contributed by atoms with Crippen molar-refractivity contribution in [3.05, 3.63) is 40.9 Å². The van der Waals surface area contributed by atoms with Crippen LogP contribution in [-0.4, -0.2) is 12.6 Å². The number of fused-ring (bicyclic) bond motifs is 1. The highest BCUT2D eigenvalue weighted by atomic mass is 35.5. The summed E-state index contributed by atoms with van der Waals surface area (Å²) in [5, 5.41) is 2.94. The van der Waals surface area contributed by atoms with Gasteiger partial charge in [-0.1, -0.05) is 42.8 Å². The Balaban J connectivity index is 2.02. The highest BCUT2D eigenvalue weighted by Crippen LogP contribution is 2.37. The van der Waals surface area contributed by atoms with Crippen LogP contribution in [0.5, 0.6) is 5.75 Å². The molecule has 2 nitrogen and oxygen atoms in total. The molecule has 1 atom stereocenters. The molecule has 1 unspecified atom stereocenters. The first-order chi connectivity index (χ1) is 10.2. The zero-order chi connectivity index (χ0) is 14.8. The Labute approximate surface area is 131 Å². The predicted octanol–water partition coefficient (Wildman–Crippen LogP) is 4.56. The first kappa shape index (κ1) is 14.7. The van der Waals surface area contributed by atoms with E-state index in [0.29, 0.717) is 0 Å². The van der Waals surface area contributed by atoms with Gasteiger partial charge in [0, 0.05) is 21.8 Å². The third-order valence-electron chi connectivity index (χ3n) is 4.19. The van der Waals surface area contributed by atoms with Gasteiger partial charge in [-0.25, -0.2) is 0 Å². The highest BCUT2D eigenvalue weighted by molar-refractivity contribution is 6.35. The van der Waals surface area contributed by atoms with Crippen LogP contribution in [0, 0.1) is 5.92 Å². The summed E-state index contributed by atoms with van der Waals surface area (Å²) in [5.74, 6) is 1.71. The molecule has 0 heterocycles. The van der Waals surface area contributed by atoms with Gasteiger partial charge in [-0.05, 0) is 43.2 Å². The fourth-order valence-corrected chi connectivity index (χ4v) is 2.89. The first-order valence-electron chi connectivity index (χ1n) is 7.77. The zero-order valence-electron chi connectivity index (χ0n) is 12.4. The summed E-state index contributed by atoms with van der Waals surface area (Å²) in [5.41, 5.74) is 7.27. The molecular formula is C18H22ClNO. The fourth-order valence-electron chi connectivity index (χ4n) is 2.59. The summed E-state index contributed by atoms with van der Waals surface area (Å²) in [6.45, 7) is 2.91. The minimum atomic E-state index is 0.144. The van der Waals surface area contributed by atoms with E-state index in [1.165, 1.54) is 12.8 Å². The fraction of sp³-hybridized carbons (Fsp3) is 0.444. The molecule has 3 heteroatoms. The average Bonchev–Trinajstić information content (AvgIpc) is 3.31. The molecule has 0 radical (unpaired) electrons. The molecule has 2 aromatic carbocycles. The van der Waals surface area contributed by atoms with Crippen molar-refractivity contribution in [2.75, 3.05) is 6.61 Å². The second-order valence-corrected chi connectivity index (χ2v) is 6.43. The second-order valence-electron chi connectivity index (χ2n) is 6.02. The molecule has 0 bridgehead atoms. The summed E-state index contributed by atoms with van der Waals surface area (Å²) in [6.07, 6.45) is 4.33. The molecule has 1 aliphatic carbocycles. The normalized spacial score (nSPS) is 16.1. The summed E-state index contributed by atoms with van der Waals surface area (Å²) in [6, 6.07) is 10.4. The molecule has 1 aliphatic rings. The Kier molecular flexibility index (Phi) is 4.37. The molecule has 1 saturated carbocycles. The van der Waals surface area contributed by atoms with E-state index in [9.17, 15) is 0 Å². The lowest BCUT2D eigenvalue weighted by Crippen LogP contribution is -2.22. The smallest absolute Gasteiger partial charge is 0.130 e. The monoisotopic (exact) mass is 303 g/mol. The van der Waals surface area contributed by atoms with Crippen LogP contribution >= 0.6 is 11.6 Å². The molecule has 1 fully saturated rings. The Morgan fingerprint density at radius 1 is 1.29 bits per heavy atom. The number of hydrogen-bond donors (Lipinski definition) is 1. The lowest BCUT2D eigenvalue weighted by atomic mass is 9.99. The van der Waals surface area contributed by atoms with E-state index in [-0.39, 0.29) is 6.04 Å². The van der Waals surface area contributed by atoms with Gasteiger partial charge in [0.2, 0.25) is 0 Å². The molecule has 112 valence electrons. The molecule has 0 amide bonds. The van der Waals surface area contributed by atoms with Gasteiger partial charge < -0.3 is 10.5 Å². The molecule has 3 rings (SSSR count). The van der Waals surface area contributed by atoms with Gasteiger partial charge in [0.25, 0.3) is 0 Å². The first-order valence-corrected chi connectivity index (χ1v) is 8.15. The number of hydrogen-bond acceptors (Lipinski definition) is 2. The minimum Gasteiger partial charge on any atom is -0.492 e. The van der Waals surface area contributed by atoms with Crippen molar-refractivity contribution < 1.29 is 4.74 Å². The van der Waals surface area contributed by atoms with Gasteiger partial charge in [-0.3, -0.25) is 0 Å². The molecule has 2 N–H and O–H groups in total. The van der Waals surface area contributed by atoms with Crippen LogP contribution in [0.15, 0.2) is 30.3 Å². The van der Waals surface area contributed by atoms with E-state index in [1.54, 1.807) is 0 Å². The van der Waals surface area contributed by atoms with Crippen LogP contribution in [-0.2, 0) is 6.42 Å². The summed E-state index contributed by atoms with van der Waals surface area (Å²) in [4.78, 5) is 0. The van der Waals surface area contributed by atoms with Gasteiger partial charge >= 0.3 is 0 Å². The average molecular weight is 304 g/mol. The maximum atomic E-state index is 6.44. The van der Waals surface area contributed by atoms with Crippen LogP contribution in [0.3, 0.4) is 0 Å². The summed E-state index contributed by atoms with van der Waals surface area (Å²) in [7, 11) is 0. The van der Waals surface area contributed by atoms with Gasteiger partial charge in [-0.15, -0.1) is 0 Å².